The smallest absolute Gasteiger partial charge is 0.327 e. The van der Waals surface area contributed by atoms with Gasteiger partial charge < -0.3 is 10.4 Å². The van der Waals surface area contributed by atoms with Crippen LogP contribution in [0.1, 0.15) is 12.5 Å². The van der Waals surface area contributed by atoms with Crippen molar-refractivity contribution in [2.45, 2.75) is 18.7 Å². The summed E-state index contributed by atoms with van der Waals surface area (Å²) in [6.07, 6.45) is 0. The lowest BCUT2D eigenvalue weighted by molar-refractivity contribution is -0.140. The lowest BCUT2D eigenvalue weighted by Crippen LogP contribution is -2.41. The Kier molecular flexibility index (Phi) is 6.41. The number of carbonyl (C=O) groups is 2. The van der Waals surface area contributed by atoms with E-state index in [4.69, 9.17) is 5.11 Å². The van der Waals surface area contributed by atoms with Crippen LogP contribution in [-0.2, 0) is 15.3 Å². The van der Waals surface area contributed by atoms with Gasteiger partial charge in [0.1, 0.15) is 17.7 Å². The lowest BCUT2D eigenvalue weighted by Gasteiger charge is -2.13. The molecule has 1 atom stereocenters. The van der Waals surface area contributed by atoms with Gasteiger partial charge in [-0.3, -0.25) is 4.79 Å². The predicted octanol–water partition coefficient (Wildman–Crippen LogP) is 2.55. The molecule has 20 heavy (non-hydrogen) atoms. The summed E-state index contributed by atoms with van der Waals surface area (Å²) in [5.74, 6) is -3.07. The number of hydrogen-bond donors (Lipinski definition) is 2. The highest BCUT2D eigenvalue weighted by atomic mass is 79.9. The Hall–Kier alpha value is -1.15. The van der Waals surface area contributed by atoms with E-state index < -0.39 is 29.6 Å². The van der Waals surface area contributed by atoms with Crippen molar-refractivity contribution in [1.29, 1.82) is 0 Å². The highest BCUT2D eigenvalue weighted by Crippen LogP contribution is 2.25. The van der Waals surface area contributed by atoms with Gasteiger partial charge in [0.25, 0.3) is 0 Å². The maximum absolute atomic E-state index is 13.7. The zero-order valence-corrected chi connectivity index (χ0v) is 12.9. The Morgan fingerprint density at radius 1 is 1.45 bits per heavy atom. The molecule has 0 aromatic heterocycles. The summed E-state index contributed by atoms with van der Waals surface area (Å²) in [7, 11) is 0. The Balaban J connectivity index is 2.66. The third-order valence-corrected chi connectivity index (χ3v) is 4.02. The van der Waals surface area contributed by atoms with Gasteiger partial charge in [-0.25, -0.2) is 13.6 Å². The Labute approximate surface area is 127 Å². The van der Waals surface area contributed by atoms with Gasteiger partial charge in [-0.1, -0.05) is 0 Å². The molecule has 0 unspecified atom stereocenters. The SMILES string of the molecule is CC(=O)N[C@@H](CSCc1c(F)ccc(Br)c1F)C(=O)O. The number of nitrogens with one attached hydrogen (secondary N) is 1. The van der Waals surface area contributed by atoms with Crippen LogP contribution in [0, 0.1) is 11.6 Å². The summed E-state index contributed by atoms with van der Waals surface area (Å²) in [5, 5.41) is 11.1. The number of carbonyl (C=O) groups excluding carboxylic acids is 1. The lowest BCUT2D eigenvalue weighted by atomic mass is 10.2. The summed E-state index contributed by atoms with van der Waals surface area (Å²) in [6.45, 7) is 1.20. The van der Waals surface area contributed by atoms with E-state index in [0.717, 1.165) is 17.8 Å². The van der Waals surface area contributed by atoms with Crippen LogP contribution >= 0.6 is 27.7 Å². The quantitative estimate of drug-likeness (QED) is 0.758. The second kappa shape index (κ2) is 7.58. The zero-order chi connectivity index (χ0) is 15.3. The summed E-state index contributed by atoms with van der Waals surface area (Å²) in [5.41, 5.74) is -0.128. The van der Waals surface area contributed by atoms with Gasteiger partial charge in [0, 0.05) is 24.0 Å². The van der Waals surface area contributed by atoms with Crippen molar-refractivity contribution < 1.29 is 23.5 Å². The van der Waals surface area contributed by atoms with Crippen LogP contribution in [-0.4, -0.2) is 28.8 Å². The molecule has 0 saturated heterocycles. The Morgan fingerprint density at radius 3 is 2.65 bits per heavy atom. The van der Waals surface area contributed by atoms with Gasteiger partial charge in [0.15, 0.2) is 0 Å². The minimum absolute atomic E-state index is 0.0142. The second-order valence-electron chi connectivity index (χ2n) is 3.93. The first kappa shape index (κ1) is 16.9. The summed E-state index contributed by atoms with van der Waals surface area (Å²) >= 11 is 3.98. The highest BCUT2D eigenvalue weighted by molar-refractivity contribution is 9.10. The molecule has 0 fully saturated rings. The molecular formula is C12H12BrF2NO3S. The van der Waals surface area contributed by atoms with Crippen molar-refractivity contribution in [3.8, 4) is 0 Å². The average Bonchev–Trinajstić information content (AvgIpc) is 2.36. The molecule has 0 bridgehead atoms. The van der Waals surface area contributed by atoms with Gasteiger partial charge in [0.05, 0.1) is 4.47 Å². The summed E-state index contributed by atoms with van der Waals surface area (Å²) in [4.78, 5) is 21.7. The van der Waals surface area contributed by atoms with Crippen LogP contribution < -0.4 is 5.32 Å². The number of hydrogen-bond acceptors (Lipinski definition) is 3. The number of benzene rings is 1. The third kappa shape index (κ3) is 4.75. The fourth-order valence-corrected chi connectivity index (χ4v) is 2.82. The minimum atomic E-state index is -1.19. The molecule has 1 rings (SSSR count). The van der Waals surface area contributed by atoms with E-state index in [2.05, 4.69) is 21.2 Å². The molecule has 1 amide bonds. The van der Waals surface area contributed by atoms with Crippen LogP contribution in [0.2, 0.25) is 0 Å². The maximum atomic E-state index is 13.7. The van der Waals surface area contributed by atoms with Gasteiger partial charge in [-0.05, 0) is 28.1 Å². The van der Waals surface area contributed by atoms with Crippen LogP contribution in [0.4, 0.5) is 8.78 Å². The molecule has 4 nitrogen and oxygen atoms in total. The number of carboxylic acids is 1. The molecule has 8 heteroatoms. The number of halogens is 3. The van der Waals surface area contributed by atoms with Crippen molar-refractivity contribution in [3.05, 3.63) is 33.8 Å². The monoisotopic (exact) mass is 367 g/mol. The zero-order valence-electron chi connectivity index (χ0n) is 10.5. The van der Waals surface area contributed by atoms with Crippen molar-refractivity contribution in [2.75, 3.05) is 5.75 Å². The standard InChI is InChI=1S/C12H12BrF2NO3S/c1-6(17)16-10(12(18)19)5-20-4-7-9(14)3-2-8(13)11(7)15/h2-3,10H,4-5H2,1H3,(H,16,17)(H,18,19)/t10-/m0/s1. The predicted molar refractivity (Wildman–Crippen MR) is 75.5 cm³/mol. The molecule has 0 saturated carbocycles. The van der Waals surface area contributed by atoms with Crippen LogP contribution in [0.25, 0.3) is 0 Å². The molecule has 0 radical (unpaired) electrons. The molecule has 0 aliphatic carbocycles. The fourth-order valence-electron chi connectivity index (χ4n) is 1.40. The van der Waals surface area contributed by atoms with Gasteiger partial charge >= 0.3 is 5.97 Å². The molecule has 110 valence electrons. The number of thioether (sulfide) groups is 1. The molecule has 0 aliphatic rings. The molecular weight excluding hydrogens is 356 g/mol. The van der Waals surface area contributed by atoms with Gasteiger partial charge in [-0.15, -0.1) is 0 Å². The number of aliphatic carboxylic acids is 1. The molecule has 0 heterocycles. The van der Waals surface area contributed by atoms with E-state index in [1.165, 1.54) is 13.0 Å². The number of carboxylic acid groups (broad SMARTS) is 1. The maximum Gasteiger partial charge on any atom is 0.327 e. The minimum Gasteiger partial charge on any atom is -0.480 e. The molecule has 1 aromatic rings. The average molecular weight is 368 g/mol. The first-order valence-electron chi connectivity index (χ1n) is 5.53. The number of amides is 1. The van der Waals surface area contributed by atoms with E-state index in [-0.39, 0.29) is 21.5 Å². The molecule has 1 aromatic carbocycles. The second-order valence-corrected chi connectivity index (χ2v) is 5.81. The van der Waals surface area contributed by atoms with E-state index >= 15 is 0 Å². The van der Waals surface area contributed by atoms with E-state index in [1.807, 2.05) is 0 Å². The topological polar surface area (TPSA) is 66.4 Å². The van der Waals surface area contributed by atoms with E-state index in [0.29, 0.717) is 0 Å². The summed E-state index contributed by atoms with van der Waals surface area (Å²) < 4.78 is 27.3. The molecule has 0 aliphatic heterocycles. The Bertz CT molecular complexity index is 528. The molecule has 2 N–H and O–H groups in total. The van der Waals surface area contributed by atoms with Gasteiger partial charge in [0.2, 0.25) is 5.91 Å². The number of rotatable bonds is 6. The van der Waals surface area contributed by atoms with E-state index in [9.17, 15) is 18.4 Å². The van der Waals surface area contributed by atoms with Gasteiger partial charge in [-0.2, -0.15) is 11.8 Å². The fraction of sp³-hybridized carbons (Fsp3) is 0.333. The normalized spacial score (nSPS) is 12.0. The van der Waals surface area contributed by atoms with Crippen molar-refractivity contribution >= 4 is 39.6 Å². The largest absolute Gasteiger partial charge is 0.480 e. The third-order valence-electron chi connectivity index (χ3n) is 2.35. The first-order valence-corrected chi connectivity index (χ1v) is 7.47. The first-order chi connectivity index (χ1) is 9.32. The van der Waals surface area contributed by atoms with Crippen LogP contribution in [0.15, 0.2) is 16.6 Å². The highest BCUT2D eigenvalue weighted by Gasteiger charge is 2.19. The summed E-state index contributed by atoms with van der Waals surface area (Å²) in [6, 6.07) is 1.30. The van der Waals surface area contributed by atoms with Crippen LogP contribution in [0.5, 0.6) is 0 Å². The van der Waals surface area contributed by atoms with Crippen molar-refractivity contribution in [2.24, 2.45) is 0 Å². The van der Waals surface area contributed by atoms with Crippen LogP contribution in [0.3, 0.4) is 0 Å². The van der Waals surface area contributed by atoms with Crippen molar-refractivity contribution in [3.63, 3.8) is 0 Å². The Morgan fingerprint density at radius 2 is 2.10 bits per heavy atom. The van der Waals surface area contributed by atoms with Crippen molar-refractivity contribution in [1.82, 2.24) is 5.32 Å². The molecule has 0 spiro atoms. The van der Waals surface area contributed by atoms with E-state index in [1.54, 1.807) is 0 Å².